The molecule has 0 bridgehead atoms. The van der Waals surface area contributed by atoms with Gasteiger partial charge in [0.05, 0.1) is 6.54 Å². The standard InChI is InChI=1S/C13H14BrN3OS/c1-15-13(18)17-10-4-2-9(3-5-10)16-8-12-11(14)6-7-19-12/h2-7,16H,8H2,1H3,(H2,15,17,18). The highest BCUT2D eigenvalue weighted by molar-refractivity contribution is 9.10. The van der Waals surface area contributed by atoms with Crippen LogP contribution in [-0.4, -0.2) is 13.1 Å². The number of carbonyl (C=O) groups is 1. The van der Waals surface area contributed by atoms with Crippen molar-refractivity contribution in [3.8, 4) is 0 Å². The van der Waals surface area contributed by atoms with Crippen molar-refractivity contribution >= 4 is 44.7 Å². The fraction of sp³-hybridized carbons (Fsp3) is 0.154. The van der Waals surface area contributed by atoms with Crippen molar-refractivity contribution in [2.24, 2.45) is 0 Å². The summed E-state index contributed by atoms with van der Waals surface area (Å²) in [6.45, 7) is 0.778. The van der Waals surface area contributed by atoms with Crippen molar-refractivity contribution in [3.63, 3.8) is 0 Å². The minimum absolute atomic E-state index is 0.219. The van der Waals surface area contributed by atoms with Crippen LogP contribution in [0.3, 0.4) is 0 Å². The second-order valence-corrected chi connectivity index (χ2v) is 5.68. The van der Waals surface area contributed by atoms with Crippen LogP contribution in [0.2, 0.25) is 0 Å². The highest BCUT2D eigenvalue weighted by Gasteiger charge is 2.02. The highest BCUT2D eigenvalue weighted by atomic mass is 79.9. The Morgan fingerprint density at radius 2 is 1.89 bits per heavy atom. The molecule has 4 nitrogen and oxygen atoms in total. The molecule has 0 aliphatic carbocycles. The molecule has 19 heavy (non-hydrogen) atoms. The Bertz CT molecular complexity index is 553. The summed E-state index contributed by atoms with van der Waals surface area (Å²) in [6, 6.07) is 9.42. The minimum atomic E-state index is -0.219. The normalized spacial score (nSPS) is 10.0. The van der Waals surface area contributed by atoms with E-state index >= 15 is 0 Å². The summed E-state index contributed by atoms with van der Waals surface area (Å²) in [5.74, 6) is 0. The summed E-state index contributed by atoms with van der Waals surface area (Å²) in [4.78, 5) is 12.4. The van der Waals surface area contributed by atoms with E-state index in [1.54, 1.807) is 18.4 Å². The maximum absolute atomic E-state index is 11.1. The molecule has 2 aromatic rings. The predicted octanol–water partition coefficient (Wildman–Crippen LogP) is 3.87. The molecule has 0 saturated carbocycles. The molecule has 3 N–H and O–H groups in total. The molecule has 1 aromatic carbocycles. The Balaban J connectivity index is 1.92. The summed E-state index contributed by atoms with van der Waals surface area (Å²) < 4.78 is 1.13. The predicted molar refractivity (Wildman–Crippen MR) is 83.9 cm³/mol. The molecule has 6 heteroatoms. The largest absolute Gasteiger partial charge is 0.380 e. The molecule has 0 aliphatic rings. The van der Waals surface area contributed by atoms with Crippen LogP contribution in [0.15, 0.2) is 40.2 Å². The van der Waals surface area contributed by atoms with Gasteiger partial charge >= 0.3 is 6.03 Å². The van der Waals surface area contributed by atoms with Crippen LogP contribution in [0.5, 0.6) is 0 Å². The molecule has 100 valence electrons. The van der Waals surface area contributed by atoms with Crippen molar-refractivity contribution in [1.82, 2.24) is 5.32 Å². The first kappa shape index (κ1) is 13.9. The molecule has 2 rings (SSSR count). The Morgan fingerprint density at radius 1 is 1.21 bits per heavy atom. The zero-order valence-corrected chi connectivity index (χ0v) is 12.8. The number of benzene rings is 1. The van der Waals surface area contributed by atoms with Crippen molar-refractivity contribution in [2.45, 2.75) is 6.54 Å². The number of nitrogens with one attached hydrogen (secondary N) is 3. The van der Waals surface area contributed by atoms with E-state index in [1.165, 1.54) is 4.88 Å². The lowest BCUT2D eigenvalue weighted by Gasteiger charge is -2.08. The monoisotopic (exact) mass is 339 g/mol. The van der Waals surface area contributed by atoms with Gasteiger partial charge < -0.3 is 16.0 Å². The SMILES string of the molecule is CNC(=O)Nc1ccc(NCc2sccc2Br)cc1. The molecular weight excluding hydrogens is 326 g/mol. The quantitative estimate of drug-likeness (QED) is 0.791. The molecule has 1 heterocycles. The fourth-order valence-corrected chi connectivity index (χ4v) is 2.93. The van der Waals surface area contributed by atoms with Gasteiger partial charge in [0.15, 0.2) is 0 Å². The zero-order valence-electron chi connectivity index (χ0n) is 10.4. The number of carbonyl (C=O) groups excluding carboxylic acids is 1. The Labute approximate surface area is 124 Å². The Morgan fingerprint density at radius 3 is 2.47 bits per heavy atom. The number of amides is 2. The molecule has 0 saturated heterocycles. The molecule has 0 atom stereocenters. The maximum atomic E-state index is 11.1. The van der Waals surface area contributed by atoms with Gasteiger partial charge in [0.1, 0.15) is 0 Å². The summed E-state index contributed by atoms with van der Waals surface area (Å²) in [7, 11) is 1.59. The molecular formula is C13H14BrN3OS. The van der Waals surface area contributed by atoms with Crippen LogP contribution in [-0.2, 0) is 6.54 Å². The maximum Gasteiger partial charge on any atom is 0.318 e. The Kier molecular flexibility index (Phi) is 4.81. The number of hydrogen-bond donors (Lipinski definition) is 3. The van der Waals surface area contributed by atoms with E-state index < -0.39 is 0 Å². The van der Waals surface area contributed by atoms with Crippen LogP contribution >= 0.6 is 27.3 Å². The Hall–Kier alpha value is -1.53. The number of thiophene rings is 1. The third kappa shape index (κ3) is 3.97. The molecule has 0 unspecified atom stereocenters. The van der Waals surface area contributed by atoms with E-state index in [0.717, 1.165) is 22.4 Å². The second kappa shape index (κ2) is 6.58. The van der Waals surface area contributed by atoms with Crippen molar-refractivity contribution < 1.29 is 4.79 Å². The first-order valence-corrected chi connectivity index (χ1v) is 7.41. The third-order valence-corrected chi connectivity index (χ3v) is 4.44. The first-order chi connectivity index (χ1) is 9.19. The van der Waals surface area contributed by atoms with Crippen molar-refractivity contribution in [3.05, 3.63) is 45.1 Å². The van der Waals surface area contributed by atoms with E-state index in [4.69, 9.17) is 0 Å². The van der Waals surface area contributed by atoms with Gasteiger partial charge in [-0.25, -0.2) is 4.79 Å². The van der Waals surface area contributed by atoms with E-state index in [0.29, 0.717) is 0 Å². The fourth-order valence-electron chi connectivity index (χ4n) is 1.50. The van der Waals surface area contributed by atoms with Gasteiger partial charge in [0.2, 0.25) is 0 Å². The minimum Gasteiger partial charge on any atom is -0.380 e. The summed E-state index contributed by atoms with van der Waals surface area (Å²) in [5.41, 5.74) is 1.78. The molecule has 0 spiro atoms. The average Bonchev–Trinajstić information content (AvgIpc) is 2.83. The van der Waals surface area contributed by atoms with E-state index in [1.807, 2.05) is 30.3 Å². The highest BCUT2D eigenvalue weighted by Crippen LogP contribution is 2.24. The van der Waals surface area contributed by atoms with Gasteiger partial charge in [-0.2, -0.15) is 0 Å². The lowest BCUT2D eigenvalue weighted by atomic mass is 10.3. The number of urea groups is 1. The summed E-state index contributed by atoms with van der Waals surface area (Å²) >= 11 is 5.21. The lowest BCUT2D eigenvalue weighted by Crippen LogP contribution is -2.24. The van der Waals surface area contributed by atoms with Crippen LogP contribution in [0.4, 0.5) is 16.2 Å². The van der Waals surface area contributed by atoms with Crippen molar-refractivity contribution in [1.29, 1.82) is 0 Å². The molecule has 1 aromatic heterocycles. The molecule has 0 aliphatic heterocycles. The third-order valence-electron chi connectivity index (χ3n) is 2.51. The number of hydrogen-bond acceptors (Lipinski definition) is 3. The van der Waals surface area contributed by atoms with Crippen LogP contribution in [0.1, 0.15) is 4.88 Å². The van der Waals surface area contributed by atoms with Gasteiger partial charge in [0.25, 0.3) is 0 Å². The molecule has 0 radical (unpaired) electrons. The summed E-state index contributed by atoms with van der Waals surface area (Å²) in [5, 5.41) is 10.6. The van der Waals surface area contributed by atoms with Crippen LogP contribution in [0.25, 0.3) is 0 Å². The zero-order chi connectivity index (χ0) is 13.7. The van der Waals surface area contributed by atoms with Gasteiger partial charge in [-0.3, -0.25) is 0 Å². The van der Waals surface area contributed by atoms with Gasteiger partial charge in [-0.15, -0.1) is 11.3 Å². The molecule has 0 fully saturated rings. The summed E-state index contributed by atoms with van der Waals surface area (Å²) in [6.07, 6.45) is 0. The molecule has 2 amide bonds. The van der Waals surface area contributed by atoms with Gasteiger partial charge in [0, 0.05) is 27.8 Å². The smallest absolute Gasteiger partial charge is 0.318 e. The van der Waals surface area contributed by atoms with E-state index in [2.05, 4.69) is 37.3 Å². The number of halogens is 1. The first-order valence-electron chi connectivity index (χ1n) is 5.73. The topological polar surface area (TPSA) is 53.2 Å². The van der Waals surface area contributed by atoms with E-state index in [9.17, 15) is 4.79 Å². The second-order valence-electron chi connectivity index (χ2n) is 3.83. The lowest BCUT2D eigenvalue weighted by molar-refractivity contribution is 0.254. The van der Waals surface area contributed by atoms with Gasteiger partial charge in [-0.05, 0) is 51.6 Å². The average molecular weight is 340 g/mol. The number of anilines is 2. The van der Waals surface area contributed by atoms with Gasteiger partial charge in [-0.1, -0.05) is 0 Å². The number of rotatable bonds is 4. The van der Waals surface area contributed by atoms with Crippen LogP contribution < -0.4 is 16.0 Å². The van der Waals surface area contributed by atoms with Crippen LogP contribution in [0, 0.1) is 0 Å². The van der Waals surface area contributed by atoms with E-state index in [-0.39, 0.29) is 6.03 Å². The van der Waals surface area contributed by atoms with Crippen molar-refractivity contribution in [2.75, 3.05) is 17.7 Å².